The van der Waals surface area contributed by atoms with E-state index < -0.39 is 0 Å². The topological polar surface area (TPSA) is 39.9 Å². The predicted octanol–water partition coefficient (Wildman–Crippen LogP) is 3.86. The van der Waals surface area contributed by atoms with Gasteiger partial charge in [0.2, 0.25) is 0 Å². The fraction of sp³-hybridized carbons (Fsp3) is 0.294. The van der Waals surface area contributed by atoms with Crippen LogP contribution in [-0.4, -0.2) is 21.1 Å². The molecule has 0 unspecified atom stereocenters. The van der Waals surface area contributed by atoms with Gasteiger partial charge in [-0.25, -0.2) is 9.97 Å². The van der Waals surface area contributed by atoms with Crippen LogP contribution in [0.3, 0.4) is 0 Å². The number of thiazole rings is 1. The van der Waals surface area contributed by atoms with Crippen LogP contribution in [-0.2, 0) is 13.5 Å². The van der Waals surface area contributed by atoms with Crippen molar-refractivity contribution in [1.29, 1.82) is 0 Å². The number of imidazole rings is 1. The Labute approximate surface area is 134 Å². The molecule has 0 spiro atoms. The zero-order valence-electron chi connectivity index (χ0n) is 12.8. The molecule has 5 heteroatoms. The van der Waals surface area contributed by atoms with Crippen LogP contribution in [0.5, 0.6) is 5.75 Å². The Morgan fingerprint density at radius 2 is 2.23 bits per heavy atom. The van der Waals surface area contributed by atoms with Gasteiger partial charge >= 0.3 is 0 Å². The third-order valence-corrected chi connectivity index (χ3v) is 4.47. The van der Waals surface area contributed by atoms with Gasteiger partial charge in [-0.1, -0.05) is 12.1 Å². The minimum absolute atomic E-state index is 0.700. The molecule has 22 heavy (non-hydrogen) atoms. The molecule has 3 aromatic rings. The number of hydrogen-bond donors (Lipinski definition) is 0. The summed E-state index contributed by atoms with van der Waals surface area (Å²) in [6, 6.07) is 8.14. The zero-order chi connectivity index (χ0) is 15.4. The normalized spacial score (nSPS) is 10.8. The van der Waals surface area contributed by atoms with Crippen molar-refractivity contribution in [2.75, 3.05) is 6.61 Å². The average molecular weight is 313 g/mol. The molecule has 2 heterocycles. The molecule has 0 aliphatic carbocycles. The molecule has 0 N–H and O–H groups in total. The molecule has 0 atom stereocenters. The molecule has 0 saturated carbocycles. The van der Waals surface area contributed by atoms with Gasteiger partial charge in [0.05, 0.1) is 12.9 Å². The van der Waals surface area contributed by atoms with Crippen LogP contribution in [0.2, 0.25) is 0 Å². The number of ether oxygens (including phenoxy) is 1. The van der Waals surface area contributed by atoms with Crippen molar-refractivity contribution >= 4 is 11.3 Å². The molecule has 1 aromatic carbocycles. The van der Waals surface area contributed by atoms with E-state index >= 15 is 0 Å². The Hall–Kier alpha value is -2.14. The monoisotopic (exact) mass is 313 g/mol. The smallest absolute Gasteiger partial charge is 0.123 e. The van der Waals surface area contributed by atoms with Gasteiger partial charge in [-0.05, 0) is 31.9 Å². The number of nitrogens with zero attached hydrogens (tertiary/aromatic N) is 3. The number of aromatic nitrogens is 3. The molecule has 3 rings (SSSR count). The van der Waals surface area contributed by atoms with E-state index in [-0.39, 0.29) is 0 Å². The summed E-state index contributed by atoms with van der Waals surface area (Å²) in [6.07, 6.45) is 5.68. The molecule has 114 valence electrons. The lowest BCUT2D eigenvalue weighted by molar-refractivity contribution is 0.310. The molecule has 0 fully saturated rings. The molecular weight excluding hydrogens is 294 g/mol. The van der Waals surface area contributed by atoms with Crippen LogP contribution in [0.15, 0.2) is 42.2 Å². The minimum atomic E-state index is 0.700. The van der Waals surface area contributed by atoms with Gasteiger partial charge in [-0.15, -0.1) is 11.3 Å². The van der Waals surface area contributed by atoms with Crippen LogP contribution >= 0.6 is 11.3 Å². The first-order chi connectivity index (χ1) is 10.7. The van der Waals surface area contributed by atoms with Crippen molar-refractivity contribution in [3.63, 3.8) is 0 Å². The lowest BCUT2D eigenvalue weighted by Gasteiger charge is -2.07. The number of hydrogen-bond acceptors (Lipinski definition) is 4. The number of benzene rings is 1. The molecule has 0 radical (unpaired) electrons. The third-order valence-electron chi connectivity index (χ3n) is 3.46. The van der Waals surface area contributed by atoms with Gasteiger partial charge in [-0.2, -0.15) is 0 Å². The molecule has 2 aromatic heterocycles. The fourth-order valence-corrected chi connectivity index (χ4v) is 3.07. The molecule has 0 amide bonds. The summed E-state index contributed by atoms with van der Waals surface area (Å²) >= 11 is 1.66. The van der Waals surface area contributed by atoms with E-state index in [4.69, 9.17) is 4.74 Å². The van der Waals surface area contributed by atoms with E-state index in [1.165, 1.54) is 5.69 Å². The van der Waals surface area contributed by atoms with E-state index in [0.717, 1.165) is 34.9 Å². The van der Waals surface area contributed by atoms with Crippen LogP contribution in [0.25, 0.3) is 10.6 Å². The lowest BCUT2D eigenvalue weighted by atomic mass is 10.2. The van der Waals surface area contributed by atoms with Gasteiger partial charge < -0.3 is 9.30 Å². The second-order valence-corrected chi connectivity index (χ2v) is 6.13. The highest BCUT2D eigenvalue weighted by atomic mass is 32.1. The summed E-state index contributed by atoms with van der Waals surface area (Å²) in [6.45, 7) is 2.71. The van der Waals surface area contributed by atoms with Crippen molar-refractivity contribution < 1.29 is 4.74 Å². The molecule has 0 saturated heterocycles. The fourth-order valence-electron chi connectivity index (χ4n) is 2.27. The Morgan fingerprint density at radius 3 is 2.95 bits per heavy atom. The Balaban J connectivity index is 1.56. The van der Waals surface area contributed by atoms with Crippen molar-refractivity contribution in [2.24, 2.45) is 7.05 Å². The molecule has 0 aliphatic heterocycles. The van der Waals surface area contributed by atoms with E-state index in [2.05, 4.69) is 27.5 Å². The Kier molecular flexibility index (Phi) is 4.53. The van der Waals surface area contributed by atoms with Gasteiger partial charge in [0.15, 0.2) is 0 Å². The Morgan fingerprint density at radius 1 is 1.32 bits per heavy atom. The van der Waals surface area contributed by atoms with Gasteiger partial charge in [-0.3, -0.25) is 0 Å². The second-order valence-electron chi connectivity index (χ2n) is 5.27. The first-order valence-electron chi connectivity index (χ1n) is 7.33. The molecule has 0 aliphatic rings. The van der Waals surface area contributed by atoms with E-state index in [1.54, 1.807) is 11.3 Å². The number of rotatable bonds is 6. The van der Waals surface area contributed by atoms with E-state index in [0.29, 0.717) is 6.61 Å². The summed E-state index contributed by atoms with van der Waals surface area (Å²) in [4.78, 5) is 8.64. The highest BCUT2D eigenvalue weighted by molar-refractivity contribution is 7.13. The van der Waals surface area contributed by atoms with Crippen molar-refractivity contribution in [2.45, 2.75) is 19.8 Å². The van der Waals surface area contributed by atoms with Gasteiger partial charge in [0.25, 0.3) is 0 Å². The summed E-state index contributed by atoms with van der Waals surface area (Å²) in [5, 5.41) is 3.11. The van der Waals surface area contributed by atoms with E-state index in [1.807, 2.05) is 43.2 Å². The van der Waals surface area contributed by atoms with Crippen LogP contribution < -0.4 is 4.74 Å². The largest absolute Gasteiger partial charge is 0.494 e. The predicted molar refractivity (Wildman–Crippen MR) is 89.3 cm³/mol. The van der Waals surface area contributed by atoms with Crippen LogP contribution in [0.1, 0.15) is 17.8 Å². The lowest BCUT2D eigenvalue weighted by Crippen LogP contribution is -2.02. The highest BCUT2D eigenvalue weighted by Crippen LogP contribution is 2.26. The van der Waals surface area contributed by atoms with Gasteiger partial charge in [0.1, 0.15) is 10.8 Å². The zero-order valence-corrected chi connectivity index (χ0v) is 13.6. The molecular formula is C17H19N3OS. The average Bonchev–Trinajstić information content (AvgIpc) is 3.13. The molecule has 4 nitrogen and oxygen atoms in total. The van der Waals surface area contributed by atoms with Crippen LogP contribution in [0.4, 0.5) is 0 Å². The summed E-state index contributed by atoms with van der Waals surface area (Å²) < 4.78 is 7.91. The highest BCUT2D eigenvalue weighted by Gasteiger charge is 2.04. The first-order valence-corrected chi connectivity index (χ1v) is 8.21. The van der Waals surface area contributed by atoms with Crippen molar-refractivity contribution in [1.82, 2.24) is 14.5 Å². The standard InChI is InChI=1S/C17H19N3OS/c1-13-11-22-17(19-13)14-5-3-7-16(9-14)21-8-4-6-15-10-18-12-20(15)2/h3,5,7,9-12H,4,6,8H2,1-2H3. The minimum Gasteiger partial charge on any atom is -0.494 e. The van der Waals surface area contributed by atoms with Gasteiger partial charge in [0, 0.05) is 35.6 Å². The summed E-state index contributed by atoms with van der Waals surface area (Å²) in [5.41, 5.74) is 3.40. The van der Waals surface area contributed by atoms with Crippen molar-refractivity contribution in [3.8, 4) is 16.3 Å². The van der Waals surface area contributed by atoms with Crippen molar-refractivity contribution in [3.05, 3.63) is 53.6 Å². The van der Waals surface area contributed by atoms with E-state index in [9.17, 15) is 0 Å². The number of aryl methyl sites for hydroxylation is 3. The molecule has 0 bridgehead atoms. The van der Waals surface area contributed by atoms with Crippen LogP contribution in [0, 0.1) is 6.92 Å². The SMILES string of the molecule is Cc1csc(-c2cccc(OCCCc3cncn3C)c2)n1. The maximum Gasteiger partial charge on any atom is 0.123 e. The first kappa shape index (κ1) is 14.8. The maximum atomic E-state index is 5.86. The Bertz CT molecular complexity index is 748. The third kappa shape index (κ3) is 3.54. The maximum absolute atomic E-state index is 5.86. The summed E-state index contributed by atoms with van der Waals surface area (Å²) in [5.74, 6) is 0.898. The quantitative estimate of drug-likeness (QED) is 0.649. The second kappa shape index (κ2) is 6.75. The summed E-state index contributed by atoms with van der Waals surface area (Å²) in [7, 11) is 2.02.